The van der Waals surface area contributed by atoms with E-state index < -0.39 is 0 Å². The summed E-state index contributed by atoms with van der Waals surface area (Å²) in [5.41, 5.74) is 2.62. The maximum absolute atomic E-state index is 12.2. The van der Waals surface area contributed by atoms with Crippen molar-refractivity contribution < 1.29 is 13.9 Å². The Morgan fingerprint density at radius 3 is 2.76 bits per heavy atom. The minimum Gasteiger partial charge on any atom is -0.423 e. The van der Waals surface area contributed by atoms with Gasteiger partial charge in [-0.3, -0.25) is 4.79 Å². The molecule has 1 aromatic carbocycles. The van der Waals surface area contributed by atoms with E-state index in [-0.39, 0.29) is 17.5 Å². The summed E-state index contributed by atoms with van der Waals surface area (Å²) in [5.74, 6) is -0.111. The minimum atomic E-state index is -0.362. The van der Waals surface area contributed by atoms with Crippen molar-refractivity contribution in [2.45, 2.75) is 20.3 Å². The number of aryl methyl sites for hydroxylation is 2. The molecule has 5 nitrogen and oxygen atoms in total. The fraction of sp³-hybridized carbons (Fsp3) is 0.375. The molecule has 2 heterocycles. The first kappa shape index (κ1) is 13.8. The van der Waals surface area contributed by atoms with Gasteiger partial charge in [-0.2, -0.15) is 0 Å². The highest BCUT2D eigenvalue weighted by molar-refractivity contribution is 5.96. The van der Waals surface area contributed by atoms with E-state index in [9.17, 15) is 9.59 Å². The van der Waals surface area contributed by atoms with Crippen LogP contribution in [0.25, 0.3) is 11.0 Å². The van der Waals surface area contributed by atoms with Crippen LogP contribution in [-0.2, 0) is 9.53 Å². The Balaban J connectivity index is 1.97. The van der Waals surface area contributed by atoms with Crippen molar-refractivity contribution >= 4 is 22.6 Å². The topological polar surface area (TPSA) is 68.5 Å². The third-order valence-electron chi connectivity index (χ3n) is 3.85. The number of amides is 1. The quantitative estimate of drug-likeness (QED) is 0.861. The normalized spacial score (nSPS) is 18.1. The molecule has 3 rings (SSSR count). The molecule has 1 N–H and O–H groups in total. The molecule has 1 amide bonds. The maximum Gasteiger partial charge on any atom is 0.336 e. The smallest absolute Gasteiger partial charge is 0.336 e. The lowest BCUT2D eigenvalue weighted by Gasteiger charge is -2.13. The van der Waals surface area contributed by atoms with Gasteiger partial charge in [0, 0.05) is 23.7 Å². The van der Waals surface area contributed by atoms with Gasteiger partial charge in [0.2, 0.25) is 5.91 Å². The lowest BCUT2D eigenvalue weighted by molar-refractivity contribution is -0.119. The molecule has 2 aromatic rings. The molecule has 0 radical (unpaired) electrons. The standard InChI is InChI=1S/C16H17NO4/c1-9-6-15(18)21-14-5-10(2)13(7-12(9)14)17-16(19)11-3-4-20-8-11/h5-7,11H,3-4,8H2,1-2H3,(H,17,19)/t11-/m0/s1. The van der Waals surface area contributed by atoms with E-state index in [0.717, 1.165) is 28.6 Å². The van der Waals surface area contributed by atoms with Crippen LogP contribution in [-0.4, -0.2) is 19.1 Å². The average molecular weight is 287 g/mol. The summed E-state index contributed by atoms with van der Waals surface area (Å²) in [4.78, 5) is 23.6. The Bertz CT molecular complexity index is 757. The van der Waals surface area contributed by atoms with Crippen molar-refractivity contribution in [1.82, 2.24) is 0 Å². The second-order valence-corrected chi connectivity index (χ2v) is 5.46. The second kappa shape index (κ2) is 5.33. The van der Waals surface area contributed by atoms with Crippen molar-refractivity contribution in [3.63, 3.8) is 0 Å². The van der Waals surface area contributed by atoms with Gasteiger partial charge in [-0.25, -0.2) is 4.79 Å². The van der Waals surface area contributed by atoms with Gasteiger partial charge in [-0.1, -0.05) is 0 Å². The number of ether oxygens (including phenoxy) is 1. The molecule has 1 aliphatic rings. The van der Waals surface area contributed by atoms with Gasteiger partial charge >= 0.3 is 5.63 Å². The molecule has 1 saturated heterocycles. The number of benzene rings is 1. The third kappa shape index (κ3) is 2.69. The van der Waals surface area contributed by atoms with Crippen LogP contribution in [0.2, 0.25) is 0 Å². The molecule has 0 saturated carbocycles. The zero-order valence-corrected chi connectivity index (χ0v) is 12.1. The first-order valence-corrected chi connectivity index (χ1v) is 6.98. The largest absolute Gasteiger partial charge is 0.423 e. The van der Waals surface area contributed by atoms with Gasteiger partial charge in [-0.05, 0) is 43.5 Å². The molecule has 0 spiro atoms. The molecule has 0 unspecified atom stereocenters. The van der Waals surface area contributed by atoms with Gasteiger partial charge in [-0.15, -0.1) is 0 Å². The van der Waals surface area contributed by atoms with Crippen LogP contribution in [0.3, 0.4) is 0 Å². The highest BCUT2D eigenvalue weighted by atomic mass is 16.5. The lowest BCUT2D eigenvalue weighted by atomic mass is 10.1. The molecule has 5 heteroatoms. The molecule has 1 aliphatic heterocycles. The molecular formula is C16H17NO4. The molecule has 1 aromatic heterocycles. The summed E-state index contributed by atoms with van der Waals surface area (Å²) in [5, 5.41) is 3.78. The molecule has 1 atom stereocenters. The number of hydrogen-bond acceptors (Lipinski definition) is 4. The van der Waals surface area contributed by atoms with Crippen molar-refractivity contribution in [3.8, 4) is 0 Å². The van der Waals surface area contributed by atoms with Crippen molar-refractivity contribution in [1.29, 1.82) is 0 Å². The van der Waals surface area contributed by atoms with E-state index in [1.807, 2.05) is 19.9 Å². The summed E-state index contributed by atoms with van der Waals surface area (Å²) in [6.45, 7) is 4.85. The maximum atomic E-state index is 12.2. The number of fused-ring (bicyclic) bond motifs is 1. The van der Waals surface area contributed by atoms with Crippen LogP contribution >= 0.6 is 0 Å². The third-order valence-corrected chi connectivity index (χ3v) is 3.85. The van der Waals surface area contributed by atoms with Crippen LogP contribution in [0.1, 0.15) is 17.5 Å². The van der Waals surface area contributed by atoms with E-state index in [4.69, 9.17) is 9.15 Å². The summed E-state index contributed by atoms with van der Waals surface area (Å²) >= 11 is 0. The van der Waals surface area contributed by atoms with Crippen molar-refractivity contribution in [2.75, 3.05) is 18.5 Å². The Hall–Kier alpha value is -2.14. The van der Waals surface area contributed by atoms with Gasteiger partial charge < -0.3 is 14.5 Å². The number of anilines is 1. The fourth-order valence-electron chi connectivity index (χ4n) is 2.58. The minimum absolute atomic E-state index is 0.0232. The Kier molecular flexibility index (Phi) is 3.51. The highest BCUT2D eigenvalue weighted by Gasteiger charge is 2.24. The van der Waals surface area contributed by atoms with Gasteiger partial charge in [0.15, 0.2) is 0 Å². The number of carbonyl (C=O) groups excluding carboxylic acids is 1. The number of carbonyl (C=O) groups is 1. The van der Waals surface area contributed by atoms with E-state index in [1.165, 1.54) is 6.07 Å². The van der Waals surface area contributed by atoms with Crippen LogP contribution in [0.15, 0.2) is 27.4 Å². The van der Waals surface area contributed by atoms with Crippen LogP contribution < -0.4 is 10.9 Å². The monoisotopic (exact) mass is 287 g/mol. The van der Waals surface area contributed by atoms with Gasteiger partial charge in [0.25, 0.3) is 0 Å². The molecule has 110 valence electrons. The molecule has 21 heavy (non-hydrogen) atoms. The SMILES string of the molecule is Cc1cc2oc(=O)cc(C)c2cc1NC(=O)[C@H]1CCOC1. The first-order chi connectivity index (χ1) is 10.0. The van der Waals surface area contributed by atoms with E-state index in [0.29, 0.717) is 18.8 Å². The number of rotatable bonds is 2. The van der Waals surface area contributed by atoms with Gasteiger partial charge in [0.05, 0.1) is 12.5 Å². The molecule has 0 bridgehead atoms. The Morgan fingerprint density at radius 1 is 1.24 bits per heavy atom. The highest BCUT2D eigenvalue weighted by Crippen LogP contribution is 2.26. The number of hydrogen-bond donors (Lipinski definition) is 1. The Labute approximate surface area is 121 Å². The fourth-order valence-corrected chi connectivity index (χ4v) is 2.58. The molecule has 0 aliphatic carbocycles. The molecular weight excluding hydrogens is 270 g/mol. The summed E-state index contributed by atoms with van der Waals surface area (Å²) < 4.78 is 10.4. The summed E-state index contributed by atoms with van der Waals surface area (Å²) in [6, 6.07) is 5.09. The first-order valence-electron chi connectivity index (χ1n) is 6.98. The van der Waals surface area contributed by atoms with Crippen LogP contribution in [0.4, 0.5) is 5.69 Å². The Morgan fingerprint density at radius 2 is 2.05 bits per heavy atom. The zero-order chi connectivity index (χ0) is 15.0. The summed E-state index contributed by atoms with van der Waals surface area (Å²) in [7, 11) is 0. The van der Waals surface area contributed by atoms with Crippen molar-refractivity contribution in [2.24, 2.45) is 5.92 Å². The van der Waals surface area contributed by atoms with Crippen LogP contribution in [0, 0.1) is 19.8 Å². The van der Waals surface area contributed by atoms with Crippen molar-refractivity contribution in [3.05, 3.63) is 39.7 Å². The van der Waals surface area contributed by atoms with Crippen LogP contribution in [0.5, 0.6) is 0 Å². The lowest BCUT2D eigenvalue weighted by Crippen LogP contribution is -2.23. The molecule has 1 fully saturated rings. The van der Waals surface area contributed by atoms with Gasteiger partial charge in [0.1, 0.15) is 5.58 Å². The number of nitrogens with one attached hydrogen (secondary N) is 1. The van der Waals surface area contributed by atoms with E-state index >= 15 is 0 Å². The predicted octanol–water partition coefficient (Wildman–Crippen LogP) is 2.38. The average Bonchev–Trinajstić information content (AvgIpc) is 2.94. The zero-order valence-electron chi connectivity index (χ0n) is 12.1. The van der Waals surface area contributed by atoms with E-state index in [1.54, 1.807) is 6.07 Å². The second-order valence-electron chi connectivity index (χ2n) is 5.46. The van der Waals surface area contributed by atoms with E-state index in [2.05, 4.69) is 5.32 Å². The predicted molar refractivity (Wildman–Crippen MR) is 79.5 cm³/mol. The summed E-state index contributed by atoms with van der Waals surface area (Å²) in [6.07, 6.45) is 0.756.